The summed E-state index contributed by atoms with van der Waals surface area (Å²) in [5.41, 5.74) is 3.32. The van der Waals surface area contributed by atoms with E-state index in [9.17, 15) is 4.79 Å². The molecule has 1 amide bonds. The molecule has 2 rings (SSSR count). The monoisotopic (exact) mass is 290 g/mol. The summed E-state index contributed by atoms with van der Waals surface area (Å²) in [6, 6.07) is 8.18. The number of carbonyl (C=O) groups excluding carboxylic acids is 1. The van der Waals surface area contributed by atoms with Gasteiger partial charge in [0, 0.05) is 17.6 Å². The number of hydrogen-bond donors (Lipinski definition) is 1. The Labute approximate surface area is 122 Å². The molecule has 2 aromatic rings. The van der Waals surface area contributed by atoms with Gasteiger partial charge in [-0.2, -0.15) is 0 Å². The Morgan fingerprint density at radius 2 is 2.10 bits per heavy atom. The SMILES string of the molecule is COCC(=O)NCc1sc(-c2ccccc2C)nc1C. The number of aromatic nitrogens is 1. The molecule has 1 aromatic heterocycles. The van der Waals surface area contributed by atoms with Crippen LogP contribution >= 0.6 is 11.3 Å². The number of nitrogens with one attached hydrogen (secondary N) is 1. The molecule has 0 saturated heterocycles. The maximum absolute atomic E-state index is 11.4. The maximum Gasteiger partial charge on any atom is 0.246 e. The summed E-state index contributed by atoms with van der Waals surface area (Å²) < 4.78 is 4.79. The molecule has 0 atom stereocenters. The molecule has 1 aromatic carbocycles. The molecule has 1 N–H and O–H groups in total. The van der Waals surface area contributed by atoms with Crippen LogP contribution in [0.15, 0.2) is 24.3 Å². The fourth-order valence-corrected chi connectivity index (χ4v) is 2.97. The number of benzene rings is 1. The third kappa shape index (κ3) is 3.43. The number of rotatable bonds is 5. The quantitative estimate of drug-likeness (QED) is 0.921. The van der Waals surface area contributed by atoms with E-state index in [1.807, 2.05) is 19.1 Å². The second-order valence-electron chi connectivity index (χ2n) is 4.55. The summed E-state index contributed by atoms with van der Waals surface area (Å²) in [7, 11) is 1.51. The van der Waals surface area contributed by atoms with E-state index in [2.05, 4.69) is 29.4 Å². The van der Waals surface area contributed by atoms with Gasteiger partial charge in [0.1, 0.15) is 11.6 Å². The van der Waals surface area contributed by atoms with Crippen LogP contribution in [-0.4, -0.2) is 24.6 Å². The van der Waals surface area contributed by atoms with E-state index in [0.29, 0.717) is 6.54 Å². The van der Waals surface area contributed by atoms with Gasteiger partial charge in [0.25, 0.3) is 0 Å². The summed E-state index contributed by atoms with van der Waals surface area (Å²) in [5, 5.41) is 3.82. The number of carbonyl (C=O) groups is 1. The summed E-state index contributed by atoms with van der Waals surface area (Å²) >= 11 is 1.62. The molecule has 0 aliphatic carbocycles. The fourth-order valence-electron chi connectivity index (χ4n) is 1.88. The zero-order chi connectivity index (χ0) is 14.5. The molecule has 1 heterocycles. The maximum atomic E-state index is 11.4. The smallest absolute Gasteiger partial charge is 0.246 e. The first-order valence-electron chi connectivity index (χ1n) is 6.39. The van der Waals surface area contributed by atoms with Crippen molar-refractivity contribution in [2.24, 2.45) is 0 Å². The summed E-state index contributed by atoms with van der Waals surface area (Å²) in [5.74, 6) is -0.113. The van der Waals surface area contributed by atoms with Gasteiger partial charge in [0.15, 0.2) is 0 Å². The molecule has 0 aliphatic rings. The van der Waals surface area contributed by atoms with Crippen LogP contribution in [0.25, 0.3) is 10.6 Å². The van der Waals surface area contributed by atoms with Crippen molar-refractivity contribution in [2.45, 2.75) is 20.4 Å². The van der Waals surface area contributed by atoms with Gasteiger partial charge in [-0.15, -0.1) is 11.3 Å². The summed E-state index contributed by atoms with van der Waals surface area (Å²) in [4.78, 5) is 17.1. The molecule has 0 aliphatic heterocycles. The van der Waals surface area contributed by atoms with Crippen molar-refractivity contribution >= 4 is 17.2 Å². The normalized spacial score (nSPS) is 10.6. The predicted octanol–water partition coefficient (Wildman–Crippen LogP) is 2.69. The molecule has 5 heteroatoms. The van der Waals surface area contributed by atoms with Crippen molar-refractivity contribution < 1.29 is 9.53 Å². The van der Waals surface area contributed by atoms with E-state index in [1.54, 1.807) is 11.3 Å². The van der Waals surface area contributed by atoms with Gasteiger partial charge < -0.3 is 10.1 Å². The third-order valence-corrected chi connectivity index (χ3v) is 4.18. The van der Waals surface area contributed by atoms with Crippen LogP contribution in [0.4, 0.5) is 0 Å². The topological polar surface area (TPSA) is 51.2 Å². The average molecular weight is 290 g/mol. The Bertz CT molecular complexity index is 608. The average Bonchev–Trinajstić information content (AvgIpc) is 2.78. The van der Waals surface area contributed by atoms with Gasteiger partial charge in [-0.3, -0.25) is 4.79 Å². The standard InChI is InChI=1S/C15H18N2O2S/c1-10-6-4-5-7-12(10)15-17-11(2)13(20-15)8-16-14(18)9-19-3/h4-7H,8-9H2,1-3H3,(H,16,18). The highest BCUT2D eigenvalue weighted by Crippen LogP contribution is 2.29. The molecule has 0 bridgehead atoms. The van der Waals surface area contributed by atoms with Gasteiger partial charge in [-0.1, -0.05) is 24.3 Å². The van der Waals surface area contributed by atoms with Crippen LogP contribution in [0.1, 0.15) is 16.1 Å². The lowest BCUT2D eigenvalue weighted by Crippen LogP contribution is -2.26. The van der Waals surface area contributed by atoms with Crippen molar-refractivity contribution in [2.75, 3.05) is 13.7 Å². The van der Waals surface area contributed by atoms with Crippen molar-refractivity contribution in [3.05, 3.63) is 40.4 Å². The Balaban J connectivity index is 2.14. The molecule has 4 nitrogen and oxygen atoms in total. The highest BCUT2D eigenvalue weighted by atomic mass is 32.1. The van der Waals surface area contributed by atoms with Gasteiger partial charge in [0.05, 0.1) is 12.2 Å². The molecule has 106 valence electrons. The van der Waals surface area contributed by atoms with Crippen LogP contribution in [0.5, 0.6) is 0 Å². The minimum Gasteiger partial charge on any atom is -0.375 e. The lowest BCUT2D eigenvalue weighted by molar-refractivity contribution is -0.124. The van der Waals surface area contributed by atoms with E-state index in [0.717, 1.165) is 21.1 Å². The van der Waals surface area contributed by atoms with E-state index in [4.69, 9.17) is 4.74 Å². The molecule has 0 unspecified atom stereocenters. The van der Waals surface area contributed by atoms with Crippen LogP contribution < -0.4 is 5.32 Å². The Hall–Kier alpha value is -1.72. The summed E-state index contributed by atoms with van der Waals surface area (Å²) in [6.45, 7) is 4.63. The fraction of sp³-hybridized carbons (Fsp3) is 0.333. The van der Waals surface area contributed by atoms with Crippen molar-refractivity contribution in [1.29, 1.82) is 0 Å². The van der Waals surface area contributed by atoms with Gasteiger partial charge >= 0.3 is 0 Å². The molecule has 20 heavy (non-hydrogen) atoms. The second kappa shape index (κ2) is 6.63. The van der Waals surface area contributed by atoms with Crippen LogP contribution in [-0.2, 0) is 16.1 Å². The highest BCUT2D eigenvalue weighted by molar-refractivity contribution is 7.15. The van der Waals surface area contributed by atoms with Gasteiger partial charge in [0.2, 0.25) is 5.91 Å². The van der Waals surface area contributed by atoms with Crippen molar-refractivity contribution in [3.63, 3.8) is 0 Å². The van der Waals surface area contributed by atoms with Crippen LogP contribution in [0.3, 0.4) is 0 Å². The largest absolute Gasteiger partial charge is 0.375 e. The number of thiazole rings is 1. The van der Waals surface area contributed by atoms with Crippen molar-refractivity contribution in [1.82, 2.24) is 10.3 Å². The van der Waals surface area contributed by atoms with E-state index < -0.39 is 0 Å². The van der Waals surface area contributed by atoms with Gasteiger partial charge in [-0.05, 0) is 19.4 Å². The van der Waals surface area contributed by atoms with E-state index in [1.165, 1.54) is 12.7 Å². The number of amides is 1. The van der Waals surface area contributed by atoms with E-state index >= 15 is 0 Å². The first-order chi connectivity index (χ1) is 9.61. The zero-order valence-electron chi connectivity index (χ0n) is 11.9. The lowest BCUT2D eigenvalue weighted by atomic mass is 10.1. The van der Waals surface area contributed by atoms with Gasteiger partial charge in [-0.25, -0.2) is 4.98 Å². The van der Waals surface area contributed by atoms with Crippen LogP contribution in [0.2, 0.25) is 0 Å². The minimum absolute atomic E-state index is 0.0858. The molecular formula is C15H18N2O2S. The lowest BCUT2D eigenvalue weighted by Gasteiger charge is -2.02. The number of nitrogens with zero attached hydrogens (tertiary/aromatic N) is 1. The third-order valence-electron chi connectivity index (χ3n) is 2.99. The number of hydrogen-bond acceptors (Lipinski definition) is 4. The number of methoxy groups -OCH3 is 1. The first-order valence-corrected chi connectivity index (χ1v) is 7.21. The number of ether oxygens (including phenoxy) is 1. The predicted molar refractivity (Wildman–Crippen MR) is 80.7 cm³/mol. The number of aryl methyl sites for hydroxylation is 2. The molecule has 0 saturated carbocycles. The molecule has 0 fully saturated rings. The Kier molecular flexibility index (Phi) is 4.87. The second-order valence-corrected chi connectivity index (χ2v) is 5.64. The molecule has 0 radical (unpaired) electrons. The Morgan fingerprint density at radius 3 is 2.80 bits per heavy atom. The first kappa shape index (κ1) is 14.7. The molecular weight excluding hydrogens is 272 g/mol. The van der Waals surface area contributed by atoms with E-state index in [-0.39, 0.29) is 12.5 Å². The highest BCUT2D eigenvalue weighted by Gasteiger charge is 2.11. The Morgan fingerprint density at radius 1 is 1.35 bits per heavy atom. The minimum atomic E-state index is -0.113. The van der Waals surface area contributed by atoms with Crippen LogP contribution in [0, 0.1) is 13.8 Å². The zero-order valence-corrected chi connectivity index (χ0v) is 12.7. The molecule has 0 spiro atoms. The summed E-state index contributed by atoms with van der Waals surface area (Å²) in [6.07, 6.45) is 0. The van der Waals surface area contributed by atoms with Crippen molar-refractivity contribution in [3.8, 4) is 10.6 Å².